The van der Waals surface area contributed by atoms with Gasteiger partial charge in [-0.05, 0) is 49.1 Å². The number of carbonyl (C=O) groups is 2. The lowest BCUT2D eigenvalue weighted by Gasteiger charge is -2.20. The molecule has 0 bridgehead atoms. The Bertz CT molecular complexity index is 831. The van der Waals surface area contributed by atoms with E-state index < -0.39 is 24.1 Å². The molecule has 0 saturated carbocycles. The summed E-state index contributed by atoms with van der Waals surface area (Å²) in [5.41, 5.74) is 1.54. The summed E-state index contributed by atoms with van der Waals surface area (Å²) in [6.07, 6.45) is -0.370. The molecule has 6 nitrogen and oxygen atoms in total. The van der Waals surface area contributed by atoms with E-state index in [-0.39, 0.29) is 10.6 Å². The molecule has 7 heteroatoms. The van der Waals surface area contributed by atoms with E-state index in [1.54, 1.807) is 19.1 Å². The Kier molecular flexibility index (Phi) is 7.02. The average molecular weight is 405 g/mol. The maximum absolute atomic E-state index is 12.2. The molecule has 2 atom stereocenters. The highest BCUT2D eigenvalue weighted by molar-refractivity contribution is 6.32. The first kappa shape index (κ1) is 21.7. The summed E-state index contributed by atoms with van der Waals surface area (Å²) < 4.78 is 10.8. The summed E-state index contributed by atoms with van der Waals surface area (Å²) in [5.74, 6) is -0.596. The Labute approximate surface area is 170 Å². The van der Waals surface area contributed by atoms with Crippen molar-refractivity contribution in [1.82, 2.24) is 4.98 Å². The summed E-state index contributed by atoms with van der Waals surface area (Å²) in [6.45, 7) is 9.40. The molecule has 1 N–H and O–H groups in total. The number of carbonyl (C=O) groups excluding carboxylic acids is 2. The molecule has 150 valence electrons. The number of aromatic nitrogens is 1. The third-order valence-corrected chi connectivity index (χ3v) is 4.35. The van der Waals surface area contributed by atoms with Crippen LogP contribution in [0.4, 0.5) is 5.69 Å². The van der Waals surface area contributed by atoms with E-state index in [9.17, 15) is 9.59 Å². The van der Waals surface area contributed by atoms with Crippen LogP contribution in [-0.2, 0) is 19.7 Å². The number of pyridine rings is 1. The molecule has 1 aromatic heterocycles. The van der Waals surface area contributed by atoms with Gasteiger partial charge < -0.3 is 14.8 Å². The predicted octanol–water partition coefficient (Wildman–Crippen LogP) is 4.37. The fraction of sp³-hybridized carbons (Fsp3) is 0.381. The minimum absolute atomic E-state index is 0.0308. The molecule has 28 heavy (non-hydrogen) atoms. The van der Waals surface area contributed by atoms with E-state index in [1.165, 1.54) is 13.1 Å². The van der Waals surface area contributed by atoms with Crippen LogP contribution in [0.5, 0.6) is 5.75 Å². The van der Waals surface area contributed by atoms with Crippen molar-refractivity contribution in [3.05, 3.63) is 53.3 Å². The van der Waals surface area contributed by atoms with Crippen molar-refractivity contribution in [3.8, 4) is 5.75 Å². The number of nitrogens with one attached hydrogen (secondary N) is 1. The van der Waals surface area contributed by atoms with Crippen LogP contribution >= 0.6 is 11.6 Å². The summed E-state index contributed by atoms with van der Waals surface area (Å²) in [7, 11) is 0. The van der Waals surface area contributed by atoms with Gasteiger partial charge in [0, 0.05) is 6.20 Å². The number of hydrogen-bond donors (Lipinski definition) is 1. The number of ether oxygens (including phenoxy) is 2. The van der Waals surface area contributed by atoms with Gasteiger partial charge in [0.05, 0.1) is 5.69 Å². The smallest absolute Gasteiger partial charge is 0.347 e. The van der Waals surface area contributed by atoms with Crippen LogP contribution in [-0.4, -0.2) is 29.1 Å². The molecule has 1 amide bonds. The average Bonchev–Trinajstić information content (AvgIpc) is 2.63. The Balaban J connectivity index is 1.90. The second-order valence-corrected chi connectivity index (χ2v) is 7.80. The zero-order valence-electron chi connectivity index (χ0n) is 16.7. The van der Waals surface area contributed by atoms with Crippen molar-refractivity contribution in [1.29, 1.82) is 0 Å². The summed E-state index contributed by atoms with van der Waals surface area (Å²) >= 11 is 5.91. The SMILES string of the molecule is C[C@H](OC(=O)[C@@H](C)Oc1ccc(C(C)(C)C)cc1)C(=O)Nc1cccnc1Cl. The highest BCUT2D eigenvalue weighted by Gasteiger charge is 2.24. The number of nitrogens with zero attached hydrogens (tertiary/aromatic N) is 1. The van der Waals surface area contributed by atoms with Gasteiger partial charge in [0.2, 0.25) is 0 Å². The van der Waals surface area contributed by atoms with E-state index in [0.717, 1.165) is 5.56 Å². The number of benzene rings is 1. The molecule has 0 radical (unpaired) electrons. The first-order valence-electron chi connectivity index (χ1n) is 8.97. The molecule has 0 aliphatic heterocycles. The van der Waals surface area contributed by atoms with Crippen molar-refractivity contribution in [2.75, 3.05) is 5.32 Å². The van der Waals surface area contributed by atoms with Crippen LogP contribution < -0.4 is 10.1 Å². The number of halogens is 1. The Hall–Kier alpha value is -2.60. The molecule has 0 aliphatic carbocycles. The Morgan fingerprint density at radius 1 is 1.07 bits per heavy atom. The van der Waals surface area contributed by atoms with Gasteiger partial charge in [-0.2, -0.15) is 0 Å². The van der Waals surface area contributed by atoms with Crippen LogP contribution in [0, 0.1) is 0 Å². The largest absolute Gasteiger partial charge is 0.479 e. The molecule has 0 saturated heterocycles. The van der Waals surface area contributed by atoms with Gasteiger partial charge >= 0.3 is 5.97 Å². The van der Waals surface area contributed by atoms with Gasteiger partial charge in [-0.3, -0.25) is 4.79 Å². The first-order valence-corrected chi connectivity index (χ1v) is 9.35. The highest BCUT2D eigenvalue weighted by Crippen LogP contribution is 2.25. The van der Waals surface area contributed by atoms with Gasteiger partial charge in [0.15, 0.2) is 17.4 Å². The van der Waals surface area contributed by atoms with Gasteiger partial charge in [-0.1, -0.05) is 44.5 Å². The van der Waals surface area contributed by atoms with Crippen molar-refractivity contribution >= 4 is 29.2 Å². The van der Waals surface area contributed by atoms with Gasteiger partial charge in [0.1, 0.15) is 5.75 Å². The number of esters is 1. The molecule has 0 unspecified atom stereocenters. The molecule has 0 spiro atoms. The van der Waals surface area contributed by atoms with E-state index in [4.69, 9.17) is 21.1 Å². The third-order valence-electron chi connectivity index (χ3n) is 4.04. The van der Waals surface area contributed by atoms with Gasteiger partial charge in [0.25, 0.3) is 5.91 Å². The van der Waals surface area contributed by atoms with Crippen LogP contribution in [0.1, 0.15) is 40.2 Å². The van der Waals surface area contributed by atoms with Crippen molar-refractivity contribution < 1.29 is 19.1 Å². The Morgan fingerprint density at radius 3 is 2.29 bits per heavy atom. The summed E-state index contributed by atoms with van der Waals surface area (Å²) in [6, 6.07) is 10.8. The number of rotatable bonds is 6. The molecular formula is C21H25ClN2O4. The normalized spacial score (nSPS) is 13.4. The van der Waals surface area contributed by atoms with Crippen LogP contribution in [0.3, 0.4) is 0 Å². The number of amides is 1. The topological polar surface area (TPSA) is 77.5 Å². The number of anilines is 1. The van der Waals surface area contributed by atoms with Gasteiger partial charge in [-0.15, -0.1) is 0 Å². The second-order valence-electron chi connectivity index (χ2n) is 7.44. The molecule has 1 heterocycles. The maximum atomic E-state index is 12.2. The van der Waals surface area contributed by atoms with Crippen molar-refractivity contribution in [3.63, 3.8) is 0 Å². The molecule has 0 fully saturated rings. The molecule has 2 rings (SSSR count). The zero-order valence-corrected chi connectivity index (χ0v) is 17.4. The van der Waals surface area contributed by atoms with Crippen molar-refractivity contribution in [2.24, 2.45) is 0 Å². The predicted molar refractivity (Wildman–Crippen MR) is 109 cm³/mol. The minimum atomic E-state index is -1.02. The lowest BCUT2D eigenvalue weighted by Crippen LogP contribution is -2.35. The molecule has 1 aromatic carbocycles. The monoisotopic (exact) mass is 404 g/mol. The second kappa shape index (κ2) is 9.06. The van der Waals surface area contributed by atoms with Gasteiger partial charge in [-0.25, -0.2) is 9.78 Å². The highest BCUT2D eigenvalue weighted by atomic mass is 35.5. The zero-order chi connectivity index (χ0) is 20.9. The lowest BCUT2D eigenvalue weighted by molar-refractivity contribution is -0.159. The maximum Gasteiger partial charge on any atom is 0.347 e. The minimum Gasteiger partial charge on any atom is -0.479 e. The van der Waals surface area contributed by atoms with E-state index in [2.05, 4.69) is 31.1 Å². The van der Waals surface area contributed by atoms with E-state index in [1.807, 2.05) is 24.3 Å². The summed E-state index contributed by atoms with van der Waals surface area (Å²) in [4.78, 5) is 28.3. The lowest BCUT2D eigenvalue weighted by atomic mass is 9.87. The van der Waals surface area contributed by atoms with E-state index in [0.29, 0.717) is 11.4 Å². The standard InChI is InChI=1S/C21H25ClN2O4/c1-13(19(25)24-17-7-6-12-23-18(17)22)28-20(26)14(2)27-16-10-8-15(9-11-16)21(3,4)5/h6-14H,1-5H3,(H,24,25)/t13-,14+/m0/s1. The van der Waals surface area contributed by atoms with E-state index >= 15 is 0 Å². The summed E-state index contributed by atoms with van der Waals surface area (Å²) in [5, 5.41) is 2.73. The molecular weight excluding hydrogens is 380 g/mol. The number of hydrogen-bond acceptors (Lipinski definition) is 5. The van der Waals surface area contributed by atoms with Crippen LogP contribution in [0.15, 0.2) is 42.6 Å². The molecule has 2 aromatic rings. The first-order chi connectivity index (χ1) is 13.1. The van der Waals surface area contributed by atoms with Crippen LogP contribution in [0.2, 0.25) is 5.15 Å². The third kappa shape index (κ3) is 5.96. The van der Waals surface area contributed by atoms with Crippen molar-refractivity contribution in [2.45, 2.75) is 52.2 Å². The molecule has 0 aliphatic rings. The van der Waals surface area contributed by atoms with Crippen LogP contribution in [0.25, 0.3) is 0 Å². The Morgan fingerprint density at radius 2 is 1.71 bits per heavy atom. The fourth-order valence-corrected chi connectivity index (χ4v) is 2.49. The quantitative estimate of drug-likeness (QED) is 0.571. The fourth-order valence-electron chi connectivity index (χ4n) is 2.32.